The van der Waals surface area contributed by atoms with Crippen molar-refractivity contribution in [3.8, 4) is 0 Å². The fraction of sp³-hybridized carbons (Fsp3) is 0.571. The van der Waals surface area contributed by atoms with E-state index in [1.165, 1.54) is 0 Å². The highest BCUT2D eigenvalue weighted by Crippen LogP contribution is 2.03. The summed E-state index contributed by atoms with van der Waals surface area (Å²) in [4.78, 5) is 10.6. The predicted molar refractivity (Wildman–Crippen MR) is 47.9 cm³/mol. The molecular weight excluding hydrogens is 212 g/mol. The van der Waals surface area contributed by atoms with Crippen LogP contribution >= 0.6 is 0 Å². The van der Waals surface area contributed by atoms with E-state index in [4.69, 9.17) is 4.55 Å². The van der Waals surface area contributed by atoms with E-state index in [9.17, 15) is 13.2 Å². The molecule has 0 fully saturated rings. The number of hydrogen-bond donors (Lipinski definition) is 1. The van der Waals surface area contributed by atoms with Crippen LogP contribution in [0.4, 0.5) is 0 Å². The first kappa shape index (κ1) is 13.1. The molecule has 0 aromatic rings. The number of esters is 1. The Morgan fingerprint density at radius 2 is 2.21 bits per heavy atom. The second kappa shape index (κ2) is 5.74. The van der Waals surface area contributed by atoms with E-state index in [0.29, 0.717) is 0 Å². The minimum atomic E-state index is -4.51. The fourth-order valence-electron chi connectivity index (χ4n) is 0.620. The third-order valence-corrected chi connectivity index (χ3v) is 1.81. The maximum Gasteiger partial charge on any atom is 0.397 e. The van der Waals surface area contributed by atoms with Gasteiger partial charge in [0, 0.05) is 6.08 Å². The van der Waals surface area contributed by atoms with Gasteiger partial charge >= 0.3 is 16.4 Å². The van der Waals surface area contributed by atoms with Crippen LogP contribution in [-0.2, 0) is 24.1 Å². The molecule has 0 aromatic carbocycles. The third-order valence-electron chi connectivity index (χ3n) is 1.29. The molecule has 0 radical (unpaired) electrons. The van der Waals surface area contributed by atoms with Gasteiger partial charge in [0.2, 0.25) is 0 Å². The van der Waals surface area contributed by atoms with Crippen LogP contribution < -0.4 is 0 Å². The third kappa shape index (κ3) is 6.58. The predicted octanol–water partition coefficient (Wildman–Crippen LogP) is 0.314. The Morgan fingerprint density at radius 1 is 1.64 bits per heavy atom. The van der Waals surface area contributed by atoms with Crippen molar-refractivity contribution < 1.29 is 26.7 Å². The first-order valence-corrected chi connectivity index (χ1v) is 5.20. The SMILES string of the molecule is C=CC(=O)OCC(CC)OS(=O)(=O)O. The lowest BCUT2D eigenvalue weighted by atomic mass is 10.3. The average Bonchev–Trinajstić information content (AvgIpc) is 2.09. The van der Waals surface area contributed by atoms with E-state index in [1.54, 1.807) is 6.92 Å². The Bertz CT molecular complexity index is 293. The molecule has 0 aliphatic carbocycles. The van der Waals surface area contributed by atoms with Crippen molar-refractivity contribution in [2.75, 3.05) is 6.61 Å². The summed E-state index contributed by atoms with van der Waals surface area (Å²) < 4.78 is 37.6. The summed E-state index contributed by atoms with van der Waals surface area (Å²) in [5.41, 5.74) is 0. The number of carbonyl (C=O) groups excluding carboxylic acids is 1. The van der Waals surface area contributed by atoms with E-state index in [-0.39, 0.29) is 13.0 Å². The zero-order valence-electron chi connectivity index (χ0n) is 7.67. The molecule has 0 bridgehead atoms. The molecule has 7 heteroatoms. The van der Waals surface area contributed by atoms with Crippen molar-refractivity contribution in [3.05, 3.63) is 12.7 Å². The molecule has 1 atom stereocenters. The van der Waals surface area contributed by atoms with Gasteiger partial charge in [0.15, 0.2) is 0 Å². The first-order valence-electron chi connectivity index (χ1n) is 3.84. The van der Waals surface area contributed by atoms with Gasteiger partial charge < -0.3 is 4.74 Å². The molecular formula is C7H12O6S. The molecule has 14 heavy (non-hydrogen) atoms. The number of rotatable bonds is 6. The molecule has 1 unspecified atom stereocenters. The van der Waals surface area contributed by atoms with Crippen molar-refractivity contribution in [1.29, 1.82) is 0 Å². The summed E-state index contributed by atoms with van der Waals surface area (Å²) >= 11 is 0. The smallest absolute Gasteiger partial charge is 0.397 e. The average molecular weight is 224 g/mol. The van der Waals surface area contributed by atoms with Crippen LogP contribution in [0.5, 0.6) is 0 Å². The van der Waals surface area contributed by atoms with Crippen molar-refractivity contribution in [2.24, 2.45) is 0 Å². The van der Waals surface area contributed by atoms with Crippen LogP contribution in [0.25, 0.3) is 0 Å². The van der Waals surface area contributed by atoms with Crippen LogP contribution in [0.1, 0.15) is 13.3 Å². The Kier molecular flexibility index (Phi) is 5.36. The van der Waals surface area contributed by atoms with E-state index in [2.05, 4.69) is 15.5 Å². The van der Waals surface area contributed by atoms with Gasteiger partial charge in [-0.3, -0.25) is 4.55 Å². The van der Waals surface area contributed by atoms with E-state index >= 15 is 0 Å². The van der Waals surface area contributed by atoms with Crippen molar-refractivity contribution in [1.82, 2.24) is 0 Å². The topological polar surface area (TPSA) is 89.9 Å². The monoisotopic (exact) mass is 224 g/mol. The van der Waals surface area contributed by atoms with E-state index < -0.39 is 22.5 Å². The lowest BCUT2D eigenvalue weighted by Gasteiger charge is -2.12. The zero-order chi connectivity index (χ0) is 11.2. The van der Waals surface area contributed by atoms with Crippen molar-refractivity contribution >= 4 is 16.4 Å². The van der Waals surface area contributed by atoms with Crippen molar-refractivity contribution in [3.63, 3.8) is 0 Å². The molecule has 82 valence electrons. The van der Waals surface area contributed by atoms with Gasteiger partial charge in [-0.15, -0.1) is 0 Å². The number of ether oxygens (including phenoxy) is 1. The normalized spacial score (nSPS) is 13.3. The molecule has 0 aromatic heterocycles. The molecule has 0 heterocycles. The summed E-state index contributed by atoms with van der Waals surface area (Å²) in [6, 6.07) is 0. The maximum absolute atomic E-state index is 10.6. The zero-order valence-corrected chi connectivity index (χ0v) is 8.49. The van der Waals surface area contributed by atoms with Gasteiger partial charge in [-0.25, -0.2) is 8.98 Å². The largest absolute Gasteiger partial charge is 0.460 e. The van der Waals surface area contributed by atoms with Crippen LogP contribution in [0.15, 0.2) is 12.7 Å². The van der Waals surface area contributed by atoms with Crippen LogP contribution in [0.3, 0.4) is 0 Å². The number of carbonyl (C=O) groups is 1. The maximum atomic E-state index is 10.6. The Morgan fingerprint density at radius 3 is 2.57 bits per heavy atom. The summed E-state index contributed by atoms with van der Waals surface area (Å²) in [5.74, 6) is -0.678. The molecule has 0 aliphatic heterocycles. The lowest BCUT2D eigenvalue weighted by molar-refractivity contribution is -0.140. The standard InChI is InChI=1S/C7H12O6S/c1-3-6(13-14(9,10)11)5-12-7(8)4-2/h4,6H,2-3,5H2,1H3,(H,9,10,11). The lowest BCUT2D eigenvalue weighted by Crippen LogP contribution is -2.23. The van der Waals surface area contributed by atoms with Crippen molar-refractivity contribution in [2.45, 2.75) is 19.4 Å². The summed E-state index contributed by atoms with van der Waals surface area (Å²) in [7, 11) is -4.51. The molecule has 0 amide bonds. The summed E-state index contributed by atoms with van der Waals surface area (Å²) in [5, 5.41) is 0. The van der Waals surface area contributed by atoms with E-state index in [1.807, 2.05) is 0 Å². The molecule has 0 spiro atoms. The van der Waals surface area contributed by atoms with Gasteiger partial charge in [0.05, 0.1) is 0 Å². The Labute approximate surface area is 82.5 Å². The van der Waals surface area contributed by atoms with Gasteiger partial charge in [-0.2, -0.15) is 8.42 Å². The van der Waals surface area contributed by atoms with Gasteiger partial charge in [0.1, 0.15) is 12.7 Å². The number of hydrogen-bond acceptors (Lipinski definition) is 5. The molecule has 0 rings (SSSR count). The molecule has 0 saturated carbocycles. The molecule has 0 saturated heterocycles. The van der Waals surface area contributed by atoms with Crippen LogP contribution in [0.2, 0.25) is 0 Å². The second-order valence-corrected chi connectivity index (χ2v) is 3.44. The quantitative estimate of drug-likeness (QED) is 0.397. The Hall–Kier alpha value is -0.920. The van der Waals surface area contributed by atoms with E-state index in [0.717, 1.165) is 6.08 Å². The summed E-state index contributed by atoms with van der Waals surface area (Å²) in [6.45, 7) is 4.53. The Balaban J connectivity index is 4.04. The highest BCUT2D eigenvalue weighted by Gasteiger charge is 2.16. The van der Waals surface area contributed by atoms with Gasteiger partial charge in [0.25, 0.3) is 0 Å². The highest BCUT2D eigenvalue weighted by molar-refractivity contribution is 7.80. The first-order chi connectivity index (χ1) is 6.39. The molecule has 1 N–H and O–H groups in total. The van der Waals surface area contributed by atoms with Gasteiger partial charge in [-0.05, 0) is 6.42 Å². The highest BCUT2D eigenvalue weighted by atomic mass is 32.3. The van der Waals surface area contributed by atoms with Crippen LogP contribution in [-0.4, -0.2) is 31.7 Å². The summed E-state index contributed by atoms with van der Waals surface area (Å²) in [6.07, 6.45) is 0.346. The fourth-order valence-corrected chi connectivity index (χ4v) is 1.16. The minimum Gasteiger partial charge on any atom is -0.460 e. The van der Waals surface area contributed by atoms with Crippen LogP contribution in [0, 0.1) is 0 Å². The van der Waals surface area contributed by atoms with Gasteiger partial charge in [-0.1, -0.05) is 13.5 Å². The molecule has 0 aliphatic rings. The minimum absolute atomic E-state index is 0.249. The molecule has 6 nitrogen and oxygen atoms in total. The second-order valence-electron chi connectivity index (χ2n) is 2.39.